The molecule has 1 saturated carbocycles. The third kappa shape index (κ3) is 4.09. The van der Waals surface area contributed by atoms with Gasteiger partial charge in [-0.3, -0.25) is 0 Å². The lowest BCUT2D eigenvalue weighted by atomic mass is 9.82. The van der Waals surface area contributed by atoms with Crippen molar-refractivity contribution in [1.29, 1.82) is 0 Å². The molecule has 0 bridgehead atoms. The maximum Gasteiger partial charge on any atom is -0.0162 e. The minimum atomic E-state index is 0.610. The summed E-state index contributed by atoms with van der Waals surface area (Å²) < 4.78 is 0. The predicted molar refractivity (Wildman–Crippen MR) is 105 cm³/mol. The molecule has 1 fully saturated rings. The van der Waals surface area contributed by atoms with Crippen molar-refractivity contribution in [1.82, 2.24) is 0 Å². The molecule has 0 N–H and O–H groups in total. The third-order valence-electron chi connectivity index (χ3n) is 6.01. The first kappa shape index (κ1) is 17.3. The van der Waals surface area contributed by atoms with Crippen LogP contribution in [0.2, 0.25) is 0 Å². The second-order valence-electron chi connectivity index (χ2n) is 7.90. The molecular formula is C24H32. The standard InChI is InChI=1S/C24H32/c1-18-9-7-8-12-24(18)20(3)17-19(2)21-13-15-23(16-14-21)22-10-5-4-6-11-22/h7-9,12-16,19-20,22H,4-6,10-11,17H2,1-3H3. The van der Waals surface area contributed by atoms with E-state index in [4.69, 9.17) is 0 Å². The van der Waals surface area contributed by atoms with E-state index < -0.39 is 0 Å². The third-order valence-corrected chi connectivity index (χ3v) is 6.01. The van der Waals surface area contributed by atoms with Crippen molar-refractivity contribution in [2.24, 2.45) is 0 Å². The number of aryl methyl sites for hydroxylation is 1. The van der Waals surface area contributed by atoms with Gasteiger partial charge in [-0.1, -0.05) is 81.6 Å². The molecule has 0 heteroatoms. The first-order valence-corrected chi connectivity index (χ1v) is 9.80. The highest BCUT2D eigenvalue weighted by molar-refractivity contribution is 5.31. The molecule has 0 heterocycles. The Balaban J connectivity index is 1.64. The van der Waals surface area contributed by atoms with Gasteiger partial charge in [0.15, 0.2) is 0 Å². The maximum absolute atomic E-state index is 2.40. The highest BCUT2D eigenvalue weighted by Gasteiger charge is 2.17. The largest absolute Gasteiger partial charge is 0.0620 e. The van der Waals surface area contributed by atoms with Crippen LogP contribution in [0.15, 0.2) is 48.5 Å². The Bertz CT molecular complexity index is 631. The summed E-state index contributed by atoms with van der Waals surface area (Å²) >= 11 is 0. The summed E-state index contributed by atoms with van der Waals surface area (Å²) in [7, 11) is 0. The Morgan fingerprint density at radius 3 is 2.17 bits per heavy atom. The Hall–Kier alpha value is -1.56. The van der Waals surface area contributed by atoms with E-state index >= 15 is 0 Å². The van der Waals surface area contributed by atoms with Crippen LogP contribution < -0.4 is 0 Å². The maximum atomic E-state index is 2.40. The molecule has 24 heavy (non-hydrogen) atoms. The van der Waals surface area contributed by atoms with Crippen molar-refractivity contribution in [2.75, 3.05) is 0 Å². The van der Waals surface area contributed by atoms with E-state index in [1.165, 1.54) is 55.2 Å². The Labute approximate surface area is 148 Å². The summed E-state index contributed by atoms with van der Waals surface area (Å²) in [6, 6.07) is 18.4. The molecular weight excluding hydrogens is 288 g/mol. The summed E-state index contributed by atoms with van der Waals surface area (Å²) in [5.74, 6) is 2.04. The number of rotatable bonds is 5. The number of hydrogen-bond donors (Lipinski definition) is 0. The van der Waals surface area contributed by atoms with E-state index in [9.17, 15) is 0 Å². The lowest BCUT2D eigenvalue weighted by Crippen LogP contribution is -2.05. The topological polar surface area (TPSA) is 0 Å². The molecule has 0 radical (unpaired) electrons. The second-order valence-corrected chi connectivity index (χ2v) is 7.90. The summed E-state index contributed by atoms with van der Waals surface area (Å²) in [4.78, 5) is 0. The molecule has 128 valence electrons. The van der Waals surface area contributed by atoms with Crippen molar-refractivity contribution in [3.8, 4) is 0 Å². The Morgan fingerprint density at radius 2 is 1.50 bits per heavy atom. The van der Waals surface area contributed by atoms with Crippen molar-refractivity contribution in [3.05, 3.63) is 70.8 Å². The van der Waals surface area contributed by atoms with Crippen molar-refractivity contribution >= 4 is 0 Å². The lowest BCUT2D eigenvalue weighted by Gasteiger charge is -2.23. The molecule has 0 aromatic heterocycles. The van der Waals surface area contributed by atoms with Crippen LogP contribution in [0.1, 0.15) is 92.4 Å². The van der Waals surface area contributed by atoms with E-state index in [1.54, 1.807) is 5.56 Å². The molecule has 2 atom stereocenters. The van der Waals surface area contributed by atoms with Crippen LogP contribution in [0.3, 0.4) is 0 Å². The molecule has 0 aliphatic heterocycles. The molecule has 3 rings (SSSR count). The van der Waals surface area contributed by atoms with Crippen molar-refractivity contribution in [3.63, 3.8) is 0 Å². The first-order valence-electron chi connectivity index (χ1n) is 9.80. The van der Waals surface area contributed by atoms with Crippen LogP contribution in [-0.4, -0.2) is 0 Å². The molecule has 0 saturated heterocycles. The van der Waals surface area contributed by atoms with Crippen molar-refractivity contribution in [2.45, 2.75) is 77.0 Å². The molecule has 2 unspecified atom stereocenters. The van der Waals surface area contributed by atoms with Gasteiger partial charge in [-0.25, -0.2) is 0 Å². The van der Waals surface area contributed by atoms with Gasteiger partial charge in [-0.15, -0.1) is 0 Å². The van der Waals surface area contributed by atoms with Gasteiger partial charge >= 0.3 is 0 Å². The van der Waals surface area contributed by atoms with Gasteiger partial charge in [0.05, 0.1) is 0 Å². The van der Waals surface area contributed by atoms with Gasteiger partial charge in [0.1, 0.15) is 0 Å². The minimum absolute atomic E-state index is 0.610. The summed E-state index contributed by atoms with van der Waals surface area (Å²) in [5.41, 5.74) is 5.99. The SMILES string of the molecule is Cc1ccccc1C(C)CC(C)c1ccc(C2CCCCC2)cc1. The van der Waals surface area contributed by atoms with Crippen LogP contribution in [0.5, 0.6) is 0 Å². The van der Waals surface area contributed by atoms with E-state index in [-0.39, 0.29) is 0 Å². The zero-order valence-electron chi connectivity index (χ0n) is 15.6. The smallest absolute Gasteiger partial charge is 0.0162 e. The molecule has 2 aromatic rings. The summed E-state index contributed by atoms with van der Waals surface area (Å²) in [5, 5.41) is 0. The van der Waals surface area contributed by atoms with Crippen molar-refractivity contribution < 1.29 is 0 Å². The Morgan fingerprint density at radius 1 is 0.833 bits per heavy atom. The number of benzene rings is 2. The zero-order chi connectivity index (χ0) is 16.9. The predicted octanol–water partition coefficient (Wildman–Crippen LogP) is 7.34. The van der Waals surface area contributed by atoms with Gasteiger partial charge in [-0.05, 0) is 66.2 Å². The molecule has 2 aromatic carbocycles. The fraction of sp³-hybridized carbons (Fsp3) is 0.500. The van der Waals surface area contributed by atoms with E-state index in [0.717, 1.165) is 5.92 Å². The highest BCUT2D eigenvalue weighted by atomic mass is 14.2. The van der Waals surface area contributed by atoms with Crippen LogP contribution in [0, 0.1) is 6.92 Å². The fourth-order valence-corrected chi connectivity index (χ4v) is 4.47. The quantitative estimate of drug-likeness (QED) is 0.540. The second kappa shape index (κ2) is 8.01. The van der Waals surface area contributed by atoms with Gasteiger partial charge in [-0.2, -0.15) is 0 Å². The minimum Gasteiger partial charge on any atom is -0.0620 e. The van der Waals surface area contributed by atoms with Crippen LogP contribution in [0.25, 0.3) is 0 Å². The van der Waals surface area contributed by atoms with Crippen LogP contribution in [-0.2, 0) is 0 Å². The average molecular weight is 321 g/mol. The van der Waals surface area contributed by atoms with Gasteiger partial charge in [0.25, 0.3) is 0 Å². The first-order chi connectivity index (χ1) is 11.6. The van der Waals surface area contributed by atoms with E-state index in [0.29, 0.717) is 11.8 Å². The van der Waals surface area contributed by atoms with Gasteiger partial charge in [0, 0.05) is 0 Å². The molecule has 1 aliphatic carbocycles. The van der Waals surface area contributed by atoms with E-state index in [2.05, 4.69) is 69.3 Å². The molecule has 0 spiro atoms. The number of hydrogen-bond acceptors (Lipinski definition) is 0. The summed E-state index contributed by atoms with van der Waals surface area (Å²) in [6.45, 7) is 6.98. The normalized spacial score (nSPS) is 18.3. The molecule has 0 nitrogen and oxygen atoms in total. The van der Waals surface area contributed by atoms with E-state index in [1.807, 2.05) is 0 Å². The Kier molecular flexibility index (Phi) is 5.76. The van der Waals surface area contributed by atoms with Crippen LogP contribution in [0.4, 0.5) is 0 Å². The lowest BCUT2D eigenvalue weighted by molar-refractivity contribution is 0.443. The average Bonchev–Trinajstić information content (AvgIpc) is 2.63. The molecule has 1 aliphatic rings. The van der Waals surface area contributed by atoms with Gasteiger partial charge < -0.3 is 0 Å². The monoisotopic (exact) mass is 320 g/mol. The molecule has 0 amide bonds. The fourth-order valence-electron chi connectivity index (χ4n) is 4.47. The highest BCUT2D eigenvalue weighted by Crippen LogP contribution is 2.35. The van der Waals surface area contributed by atoms with Gasteiger partial charge in [0.2, 0.25) is 0 Å². The van der Waals surface area contributed by atoms with Crippen LogP contribution >= 0.6 is 0 Å². The zero-order valence-corrected chi connectivity index (χ0v) is 15.6. The summed E-state index contributed by atoms with van der Waals surface area (Å²) in [6.07, 6.45) is 8.25.